The van der Waals surface area contributed by atoms with Crippen LogP contribution < -0.4 is 4.90 Å². The first kappa shape index (κ1) is 32.0. The Morgan fingerprint density at radius 1 is 0.977 bits per heavy atom. The van der Waals surface area contributed by atoms with Gasteiger partial charge in [-0.25, -0.2) is 0 Å². The molecule has 1 N–H and O–H groups in total. The zero-order chi connectivity index (χ0) is 31.3. The standard InChI is InChI=1S/C36H45N3O4S/c1-4-20-37(25-27-16-10-8-11-17-27)35(43)32-36-26(3)24-29(44-36)30(31(36)34(42)39(32)22-14-6-7-15-23-40)33(41)38(21-5-2)28-18-12-9-13-19-28/h4-5,8-13,16-19,26,29-32,40H,1-2,6-7,14-15,20-25H2,3H3/t26?,29-,30+,31-,32?,36?/m0/s1. The number of thioether (sulfide) groups is 1. The molecule has 2 aromatic carbocycles. The van der Waals surface area contributed by atoms with Crippen molar-refractivity contribution < 1.29 is 19.5 Å². The third-order valence-electron chi connectivity index (χ3n) is 9.59. The van der Waals surface area contributed by atoms with Gasteiger partial charge in [-0.3, -0.25) is 14.4 Å². The van der Waals surface area contributed by atoms with Crippen LogP contribution in [0.4, 0.5) is 5.69 Å². The molecule has 3 fully saturated rings. The van der Waals surface area contributed by atoms with Gasteiger partial charge in [0.1, 0.15) is 6.04 Å². The Labute approximate surface area is 266 Å². The molecule has 1 spiro atoms. The fraction of sp³-hybridized carbons (Fsp3) is 0.472. The molecule has 234 valence electrons. The third-order valence-corrected chi connectivity index (χ3v) is 11.7. The molecule has 0 radical (unpaired) electrons. The minimum absolute atomic E-state index is 0.0357. The fourth-order valence-electron chi connectivity index (χ4n) is 7.67. The predicted molar refractivity (Wildman–Crippen MR) is 177 cm³/mol. The number of anilines is 1. The van der Waals surface area contributed by atoms with Crippen LogP contribution in [0.15, 0.2) is 86.0 Å². The number of para-hydroxylation sites is 1. The number of hydrogen-bond acceptors (Lipinski definition) is 5. The summed E-state index contributed by atoms with van der Waals surface area (Å²) in [5, 5.41) is 9.22. The second kappa shape index (κ2) is 14.2. The number of carbonyl (C=O) groups is 3. The van der Waals surface area contributed by atoms with Gasteiger partial charge in [-0.2, -0.15) is 0 Å². The topological polar surface area (TPSA) is 81.2 Å². The average Bonchev–Trinajstić information content (AvgIpc) is 3.63. The normalized spacial score (nSPS) is 26.8. The highest BCUT2D eigenvalue weighted by atomic mass is 32.2. The summed E-state index contributed by atoms with van der Waals surface area (Å²) in [7, 11) is 0. The predicted octanol–water partition coefficient (Wildman–Crippen LogP) is 5.31. The molecule has 3 aliphatic heterocycles. The molecule has 44 heavy (non-hydrogen) atoms. The summed E-state index contributed by atoms with van der Waals surface area (Å²) in [4.78, 5) is 49.2. The second-order valence-electron chi connectivity index (χ2n) is 12.3. The van der Waals surface area contributed by atoms with Gasteiger partial charge >= 0.3 is 0 Å². The molecular weight excluding hydrogens is 570 g/mol. The van der Waals surface area contributed by atoms with Crippen molar-refractivity contribution in [1.29, 1.82) is 0 Å². The number of amides is 3. The number of likely N-dealkylation sites (tertiary alicyclic amines) is 1. The summed E-state index contributed by atoms with van der Waals surface area (Å²) in [6.45, 7) is 11.7. The zero-order valence-corrected chi connectivity index (χ0v) is 26.5. The second-order valence-corrected chi connectivity index (χ2v) is 13.8. The maximum Gasteiger partial charge on any atom is 0.247 e. The van der Waals surface area contributed by atoms with E-state index in [0.717, 1.165) is 43.4 Å². The number of nitrogens with zero attached hydrogens (tertiary/aromatic N) is 3. The summed E-state index contributed by atoms with van der Waals surface area (Å²) in [5.41, 5.74) is 1.80. The van der Waals surface area contributed by atoms with Crippen molar-refractivity contribution in [2.45, 2.75) is 61.6 Å². The van der Waals surface area contributed by atoms with Crippen molar-refractivity contribution in [3.05, 3.63) is 91.5 Å². The molecular formula is C36H45N3O4S. The molecule has 2 aromatic rings. The molecule has 0 aliphatic carbocycles. The van der Waals surface area contributed by atoms with Gasteiger partial charge in [0.15, 0.2) is 0 Å². The zero-order valence-electron chi connectivity index (χ0n) is 25.7. The average molecular weight is 616 g/mol. The van der Waals surface area contributed by atoms with E-state index >= 15 is 0 Å². The lowest BCUT2D eigenvalue weighted by molar-refractivity contribution is -0.143. The van der Waals surface area contributed by atoms with Gasteiger partial charge in [-0.05, 0) is 42.9 Å². The van der Waals surface area contributed by atoms with Gasteiger partial charge in [0.2, 0.25) is 17.7 Å². The first-order valence-electron chi connectivity index (χ1n) is 15.9. The summed E-state index contributed by atoms with van der Waals surface area (Å²) in [6.07, 6.45) is 7.44. The highest BCUT2D eigenvalue weighted by Gasteiger charge is 2.76. The van der Waals surface area contributed by atoms with E-state index < -0.39 is 22.6 Å². The van der Waals surface area contributed by atoms with E-state index in [1.807, 2.05) is 70.5 Å². The Bertz CT molecular complexity index is 1340. The molecule has 0 aromatic heterocycles. The van der Waals surface area contributed by atoms with E-state index in [9.17, 15) is 19.5 Å². The highest BCUT2D eigenvalue weighted by Crippen LogP contribution is 2.69. The molecule has 2 bridgehead atoms. The molecule has 3 aliphatic rings. The Morgan fingerprint density at radius 3 is 2.30 bits per heavy atom. The molecule has 7 nitrogen and oxygen atoms in total. The van der Waals surface area contributed by atoms with Crippen molar-refractivity contribution in [3.63, 3.8) is 0 Å². The minimum Gasteiger partial charge on any atom is -0.396 e. The van der Waals surface area contributed by atoms with Gasteiger partial charge in [0.25, 0.3) is 0 Å². The summed E-state index contributed by atoms with van der Waals surface area (Å²) in [5.74, 6) is -1.20. The number of rotatable bonds is 15. The van der Waals surface area contributed by atoms with E-state index in [1.165, 1.54) is 0 Å². The van der Waals surface area contributed by atoms with Crippen LogP contribution in [0.2, 0.25) is 0 Å². The van der Waals surface area contributed by atoms with Crippen LogP contribution in [0.1, 0.15) is 44.6 Å². The Hall–Kier alpha value is -3.36. The van der Waals surface area contributed by atoms with Crippen LogP contribution in [-0.2, 0) is 20.9 Å². The van der Waals surface area contributed by atoms with Gasteiger partial charge in [-0.1, -0.05) is 80.4 Å². The quantitative estimate of drug-likeness (QED) is 0.217. The Kier molecular flexibility index (Phi) is 10.3. The van der Waals surface area contributed by atoms with Gasteiger partial charge < -0.3 is 19.8 Å². The number of carbonyl (C=O) groups excluding carboxylic acids is 3. The van der Waals surface area contributed by atoms with E-state index in [-0.39, 0.29) is 35.5 Å². The van der Waals surface area contributed by atoms with E-state index in [0.29, 0.717) is 26.2 Å². The maximum absolute atomic E-state index is 14.8. The Balaban J connectivity index is 1.52. The van der Waals surface area contributed by atoms with Gasteiger partial charge in [0.05, 0.1) is 16.6 Å². The maximum atomic E-state index is 14.8. The molecule has 3 unspecified atom stereocenters. The monoisotopic (exact) mass is 615 g/mol. The summed E-state index contributed by atoms with van der Waals surface area (Å²) < 4.78 is -0.684. The Morgan fingerprint density at radius 2 is 1.64 bits per heavy atom. The largest absolute Gasteiger partial charge is 0.396 e. The van der Waals surface area contributed by atoms with Crippen LogP contribution in [-0.4, -0.2) is 74.9 Å². The summed E-state index contributed by atoms with van der Waals surface area (Å²) in [6, 6.07) is 18.8. The van der Waals surface area contributed by atoms with Crippen molar-refractivity contribution in [2.75, 3.05) is 31.1 Å². The van der Waals surface area contributed by atoms with Crippen LogP contribution in [0.25, 0.3) is 0 Å². The van der Waals surface area contributed by atoms with E-state index in [2.05, 4.69) is 20.1 Å². The lowest BCUT2D eigenvalue weighted by atomic mass is 9.65. The first-order chi connectivity index (χ1) is 21.4. The summed E-state index contributed by atoms with van der Waals surface area (Å²) >= 11 is 1.72. The van der Waals surface area contributed by atoms with Crippen LogP contribution in [0.3, 0.4) is 0 Å². The highest BCUT2D eigenvalue weighted by molar-refractivity contribution is 8.02. The third kappa shape index (κ3) is 5.86. The van der Waals surface area contributed by atoms with E-state index in [1.54, 1.807) is 28.8 Å². The van der Waals surface area contributed by atoms with E-state index in [4.69, 9.17) is 0 Å². The molecule has 3 heterocycles. The number of aliphatic hydroxyl groups excluding tert-OH is 1. The molecule has 5 rings (SSSR count). The first-order valence-corrected chi connectivity index (χ1v) is 16.8. The lowest BCUT2D eigenvalue weighted by Crippen LogP contribution is -2.57. The fourth-order valence-corrected chi connectivity index (χ4v) is 10.1. The molecule has 3 saturated heterocycles. The number of aliphatic hydroxyl groups is 1. The van der Waals surface area contributed by atoms with Crippen molar-refractivity contribution in [2.24, 2.45) is 17.8 Å². The number of hydrogen-bond donors (Lipinski definition) is 1. The number of benzene rings is 2. The smallest absolute Gasteiger partial charge is 0.247 e. The SMILES string of the molecule is C=CCN(Cc1ccccc1)C(=O)C1N(CCCCCCO)C(=O)[C@@H]2[C@H](C(=O)N(CC=C)c3ccccc3)[C@@H]3CC(C)C12S3. The molecule has 3 amide bonds. The lowest BCUT2D eigenvalue weighted by Gasteiger charge is -2.41. The molecule has 8 heteroatoms. The van der Waals surface area contributed by atoms with Crippen LogP contribution in [0, 0.1) is 17.8 Å². The van der Waals surface area contributed by atoms with Crippen molar-refractivity contribution in [3.8, 4) is 0 Å². The number of fused-ring (bicyclic) bond motifs is 1. The van der Waals surface area contributed by atoms with Crippen molar-refractivity contribution in [1.82, 2.24) is 9.80 Å². The van der Waals surface area contributed by atoms with Crippen LogP contribution in [0.5, 0.6) is 0 Å². The van der Waals surface area contributed by atoms with Gasteiger partial charge in [-0.15, -0.1) is 24.9 Å². The van der Waals surface area contributed by atoms with Crippen LogP contribution >= 0.6 is 11.8 Å². The van der Waals surface area contributed by atoms with Crippen molar-refractivity contribution >= 4 is 35.2 Å². The molecule has 6 atom stereocenters. The molecule has 0 saturated carbocycles. The minimum atomic E-state index is -0.684. The number of unbranched alkanes of at least 4 members (excludes halogenated alkanes) is 3. The van der Waals surface area contributed by atoms with Gasteiger partial charge in [0, 0.05) is 43.7 Å².